The summed E-state index contributed by atoms with van der Waals surface area (Å²) >= 11 is 0. The lowest BCUT2D eigenvalue weighted by Gasteiger charge is -2.14. The summed E-state index contributed by atoms with van der Waals surface area (Å²) in [6, 6.07) is 5.37. The summed E-state index contributed by atoms with van der Waals surface area (Å²) in [6.07, 6.45) is 1.68. The van der Waals surface area contributed by atoms with Crippen LogP contribution in [0.4, 0.5) is 24.2 Å². The van der Waals surface area contributed by atoms with Gasteiger partial charge in [0.2, 0.25) is 5.95 Å². The number of alkyl carbamates (subject to hydrolysis) is 1. The molecule has 2 aromatic heterocycles. The Morgan fingerprint density at radius 2 is 1.81 bits per heavy atom. The van der Waals surface area contributed by atoms with Crippen LogP contribution in [0.25, 0.3) is 21.9 Å². The molecule has 164 valence electrons. The maximum Gasteiger partial charge on any atom is 0.407 e. The fraction of sp³-hybridized carbons (Fsp3) is 0.200. The summed E-state index contributed by atoms with van der Waals surface area (Å²) < 4.78 is 32.7. The van der Waals surface area contributed by atoms with E-state index in [1.54, 1.807) is 25.1 Å². The normalized spacial score (nSPS) is 10.2. The minimum absolute atomic E-state index is 0. The van der Waals surface area contributed by atoms with E-state index in [-0.39, 0.29) is 30.3 Å². The third-order valence-electron chi connectivity index (χ3n) is 4.29. The molecule has 0 radical (unpaired) electrons. The molecule has 0 atom stereocenters. The molecule has 3 amide bonds. The van der Waals surface area contributed by atoms with E-state index in [0.717, 1.165) is 12.3 Å². The number of aromatic nitrogens is 2. The zero-order valence-corrected chi connectivity index (χ0v) is 17.5. The van der Waals surface area contributed by atoms with E-state index in [4.69, 9.17) is 0 Å². The molecule has 1 aromatic carbocycles. The number of nitrogens with one attached hydrogen (secondary N) is 3. The maximum atomic E-state index is 14.4. The Morgan fingerprint density at radius 1 is 1.03 bits per heavy atom. The SMILES string of the molecule is CCNC(=O)Nc1cc2c(-c3cc(F)ncc3F)ccc(CNC(=O)OC)c2cn1.Cl. The van der Waals surface area contributed by atoms with E-state index in [1.807, 2.05) is 0 Å². The van der Waals surface area contributed by atoms with E-state index >= 15 is 0 Å². The Hall–Kier alpha value is -3.53. The minimum atomic E-state index is -0.828. The van der Waals surface area contributed by atoms with Crippen LogP contribution in [-0.2, 0) is 11.3 Å². The van der Waals surface area contributed by atoms with Gasteiger partial charge in [-0.05, 0) is 29.5 Å². The third kappa shape index (κ3) is 5.54. The lowest BCUT2D eigenvalue weighted by molar-refractivity contribution is 0.170. The van der Waals surface area contributed by atoms with Crippen LogP contribution in [0, 0.1) is 11.8 Å². The number of methoxy groups -OCH3 is 1. The second kappa shape index (κ2) is 10.5. The van der Waals surface area contributed by atoms with Crippen molar-refractivity contribution in [1.82, 2.24) is 20.6 Å². The van der Waals surface area contributed by atoms with E-state index in [2.05, 4.69) is 30.7 Å². The molecule has 0 fully saturated rings. The first-order valence-electron chi connectivity index (χ1n) is 9.02. The van der Waals surface area contributed by atoms with Crippen molar-refractivity contribution in [3.63, 3.8) is 0 Å². The first-order chi connectivity index (χ1) is 14.4. The lowest BCUT2D eigenvalue weighted by atomic mass is 9.96. The molecule has 31 heavy (non-hydrogen) atoms. The number of urea groups is 1. The Balaban J connectivity index is 0.00000341. The fourth-order valence-electron chi connectivity index (χ4n) is 2.94. The summed E-state index contributed by atoms with van der Waals surface area (Å²) in [5.74, 6) is -1.30. The van der Waals surface area contributed by atoms with Gasteiger partial charge in [-0.25, -0.2) is 23.9 Å². The number of halogens is 3. The van der Waals surface area contributed by atoms with Gasteiger partial charge in [-0.1, -0.05) is 12.1 Å². The molecule has 8 nitrogen and oxygen atoms in total. The van der Waals surface area contributed by atoms with Crippen LogP contribution in [-0.4, -0.2) is 35.7 Å². The number of nitrogens with zero attached hydrogens (tertiary/aromatic N) is 2. The predicted molar refractivity (Wildman–Crippen MR) is 114 cm³/mol. The first-order valence-corrected chi connectivity index (χ1v) is 9.02. The molecule has 3 N–H and O–H groups in total. The number of amides is 3. The second-order valence-corrected chi connectivity index (χ2v) is 6.20. The van der Waals surface area contributed by atoms with Gasteiger partial charge < -0.3 is 15.4 Å². The lowest BCUT2D eigenvalue weighted by Crippen LogP contribution is -2.28. The summed E-state index contributed by atoms with van der Waals surface area (Å²) in [4.78, 5) is 30.8. The Bertz CT molecular complexity index is 1110. The summed E-state index contributed by atoms with van der Waals surface area (Å²) in [5, 5.41) is 8.84. The monoisotopic (exact) mass is 451 g/mol. The number of hydrogen-bond donors (Lipinski definition) is 3. The smallest absolute Gasteiger partial charge is 0.407 e. The van der Waals surface area contributed by atoms with Crippen LogP contribution in [0.1, 0.15) is 12.5 Å². The number of anilines is 1. The zero-order valence-electron chi connectivity index (χ0n) is 16.7. The van der Waals surface area contributed by atoms with Crippen molar-refractivity contribution < 1.29 is 23.1 Å². The maximum absolute atomic E-state index is 14.4. The Kier molecular flexibility index (Phi) is 8.03. The molecule has 0 saturated carbocycles. The van der Waals surface area contributed by atoms with Crippen molar-refractivity contribution in [1.29, 1.82) is 0 Å². The van der Waals surface area contributed by atoms with Crippen molar-refractivity contribution in [2.24, 2.45) is 0 Å². The number of carbonyl (C=O) groups is 2. The first kappa shape index (κ1) is 23.7. The van der Waals surface area contributed by atoms with Gasteiger partial charge in [-0.3, -0.25) is 5.32 Å². The second-order valence-electron chi connectivity index (χ2n) is 6.20. The fourth-order valence-corrected chi connectivity index (χ4v) is 2.94. The van der Waals surface area contributed by atoms with Gasteiger partial charge in [-0.2, -0.15) is 4.39 Å². The topological polar surface area (TPSA) is 105 Å². The van der Waals surface area contributed by atoms with Crippen molar-refractivity contribution in [2.75, 3.05) is 19.0 Å². The molecule has 0 spiro atoms. The highest BCUT2D eigenvalue weighted by atomic mass is 35.5. The van der Waals surface area contributed by atoms with Crippen LogP contribution < -0.4 is 16.0 Å². The molecule has 0 unspecified atom stereocenters. The van der Waals surface area contributed by atoms with Gasteiger partial charge in [0.25, 0.3) is 0 Å². The van der Waals surface area contributed by atoms with Crippen LogP contribution in [0.15, 0.2) is 36.7 Å². The number of hydrogen-bond acceptors (Lipinski definition) is 5. The van der Waals surface area contributed by atoms with Crippen molar-refractivity contribution in [3.8, 4) is 11.1 Å². The average Bonchev–Trinajstić information content (AvgIpc) is 2.73. The minimum Gasteiger partial charge on any atom is -0.453 e. The number of ether oxygens (including phenoxy) is 1. The number of carbonyl (C=O) groups excluding carboxylic acids is 2. The molecule has 2 heterocycles. The molecule has 0 saturated heterocycles. The van der Waals surface area contributed by atoms with Crippen LogP contribution >= 0.6 is 12.4 Å². The highest BCUT2D eigenvalue weighted by Gasteiger charge is 2.15. The summed E-state index contributed by atoms with van der Waals surface area (Å²) in [7, 11) is 1.25. The van der Waals surface area contributed by atoms with Crippen LogP contribution in [0.3, 0.4) is 0 Å². The number of fused-ring (bicyclic) bond motifs is 1. The molecular weight excluding hydrogens is 432 g/mol. The van der Waals surface area contributed by atoms with Gasteiger partial charge in [0.1, 0.15) is 11.6 Å². The van der Waals surface area contributed by atoms with Crippen molar-refractivity contribution >= 4 is 41.1 Å². The van der Waals surface area contributed by atoms with E-state index in [1.165, 1.54) is 13.3 Å². The molecule has 0 bridgehead atoms. The number of benzene rings is 1. The van der Waals surface area contributed by atoms with Crippen molar-refractivity contribution in [2.45, 2.75) is 13.5 Å². The molecule has 3 aromatic rings. The van der Waals surface area contributed by atoms with E-state index in [9.17, 15) is 18.4 Å². The summed E-state index contributed by atoms with van der Waals surface area (Å²) in [5.41, 5.74) is 1.06. The van der Waals surface area contributed by atoms with Crippen molar-refractivity contribution in [3.05, 3.63) is 54.0 Å². The Morgan fingerprint density at radius 3 is 2.52 bits per heavy atom. The zero-order chi connectivity index (χ0) is 21.7. The van der Waals surface area contributed by atoms with Gasteiger partial charge in [0, 0.05) is 36.3 Å². The van der Waals surface area contributed by atoms with Gasteiger partial charge >= 0.3 is 12.1 Å². The highest BCUT2D eigenvalue weighted by molar-refractivity contribution is 6.01. The molecule has 0 aliphatic rings. The third-order valence-corrected chi connectivity index (χ3v) is 4.29. The van der Waals surface area contributed by atoms with Gasteiger partial charge in [0.05, 0.1) is 13.3 Å². The highest BCUT2D eigenvalue weighted by Crippen LogP contribution is 2.33. The largest absolute Gasteiger partial charge is 0.453 e. The molecule has 0 aliphatic heterocycles. The Labute approximate surface area is 182 Å². The number of pyridine rings is 2. The van der Waals surface area contributed by atoms with Gasteiger partial charge in [-0.15, -0.1) is 12.4 Å². The van der Waals surface area contributed by atoms with Gasteiger partial charge in [0.15, 0.2) is 0 Å². The average molecular weight is 452 g/mol. The van der Waals surface area contributed by atoms with Crippen LogP contribution in [0.5, 0.6) is 0 Å². The predicted octanol–water partition coefficient (Wildman–Crippen LogP) is 3.99. The molecule has 0 aliphatic carbocycles. The van der Waals surface area contributed by atoms with E-state index < -0.39 is 23.9 Å². The van der Waals surface area contributed by atoms with Crippen LogP contribution in [0.2, 0.25) is 0 Å². The van der Waals surface area contributed by atoms with E-state index in [0.29, 0.717) is 28.4 Å². The molecule has 11 heteroatoms. The quantitative estimate of drug-likeness (QED) is 0.508. The molecule has 3 rings (SSSR count). The molecular formula is C20H20ClF2N5O3. The number of rotatable bonds is 5. The standard InChI is InChI=1S/C20H19F2N5O3.ClH/c1-3-23-19(28)27-18-7-13-12(14-6-17(22)24-10-16(14)21)5-4-11(15(13)9-25-18)8-26-20(29)30-2;/h4-7,9-10H,3,8H2,1-2H3,(H,26,29)(H2,23,25,27,28);1H. The summed E-state index contributed by atoms with van der Waals surface area (Å²) in [6.45, 7) is 2.32.